The zero-order valence-electron chi connectivity index (χ0n) is 11.6. The van der Waals surface area contributed by atoms with Crippen LogP contribution in [0.1, 0.15) is 25.3 Å². The van der Waals surface area contributed by atoms with Crippen LogP contribution in [0.15, 0.2) is 46.8 Å². The standard InChI is InChI=1S/C16H19NO3/c1-2-14-16(15(19)13(8-9-18)10-17-14)20-11-12-6-4-3-5-7-12/h3-7,10,13,18H,2,8-9,11H2,1H3. The van der Waals surface area contributed by atoms with Gasteiger partial charge in [-0.3, -0.25) is 9.79 Å². The first-order valence-corrected chi connectivity index (χ1v) is 6.85. The minimum absolute atomic E-state index is 0.0319. The van der Waals surface area contributed by atoms with Gasteiger partial charge in [-0.1, -0.05) is 37.3 Å². The molecule has 4 nitrogen and oxygen atoms in total. The lowest BCUT2D eigenvalue weighted by atomic mass is 9.96. The molecule has 1 aromatic rings. The first-order chi connectivity index (χ1) is 9.76. The summed E-state index contributed by atoms with van der Waals surface area (Å²) in [5, 5.41) is 8.98. The third kappa shape index (κ3) is 3.33. The largest absolute Gasteiger partial charge is 0.483 e. The van der Waals surface area contributed by atoms with E-state index in [9.17, 15) is 4.79 Å². The molecule has 0 saturated heterocycles. The molecule has 0 saturated carbocycles. The Morgan fingerprint density at radius 1 is 1.30 bits per heavy atom. The molecule has 106 valence electrons. The lowest BCUT2D eigenvalue weighted by molar-refractivity contribution is -0.121. The Morgan fingerprint density at radius 2 is 2.05 bits per heavy atom. The first-order valence-electron chi connectivity index (χ1n) is 6.85. The molecule has 20 heavy (non-hydrogen) atoms. The van der Waals surface area contributed by atoms with E-state index < -0.39 is 0 Å². The van der Waals surface area contributed by atoms with Crippen LogP contribution in [0, 0.1) is 5.92 Å². The van der Waals surface area contributed by atoms with Gasteiger partial charge >= 0.3 is 0 Å². The number of nitrogens with zero attached hydrogens (tertiary/aromatic N) is 1. The molecule has 0 aromatic heterocycles. The molecule has 1 heterocycles. The summed E-state index contributed by atoms with van der Waals surface area (Å²) < 4.78 is 5.70. The van der Waals surface area contributed by atoms with Gasteiger partial charge in [0.05, 0.1) is 11.6 Å². The molecule has 0 spiro atoms. The van der Waals surface area contributed by atoms with Gasteiger partial charge in [-0.2, -0.15) is 0 Å². The summed E-state index contributed by atoms with van der Waals surface area (Å²) in [6.07, 6.45) is 2.66. The number of ketones is 1. The van der Waals surface area contributed by atoms with E-state index in [4.69, 9.17) is 9.84 Å². The van der Waals surface area contributed by atoms with Crippen molar-refractivity contribution in [3.8, 4) is 0 Å². The van der Waals surface area contributed by atoms with Gasteiger partial charge in [0.15, 0.2) is 5.76 Å². The number of aliphatic imine (C=N–C) groups is 1. The molecular formula is C16H19NO3. The minimum atomic E-state index is -0.374. The molecule has 0 radical (unpaired) electrons. The predicted octanol–water partition coefficient (Wildman–Crippen LogP) is 2.48. The van der Waals surface area contributed by atoms with E-state index in [0.29, 0.717) is 30.9 Å². The van der Waals surface area contributed by atoms with Crippen molar-refractivity contribution in [2.75, 3.05) is 6.61 Å². The second-order valence-electron chi connectivity index (χ2n) is 4.66. The maximum atomic E-state index is 12.3. The van der Waals surface area contributed by atoms with Gasteiger partial charge in [0.2, 0.25) is 5.78 Å². The zero-order chi connectivity index (χ0) is 14.4. The minimum Gasteiger partial charge on any atom is -0.483 e. The van der Waals surface area contributed by atoms with Gasteiger partial charge in [0.25, 0.3) is 0 Å². The number of Topliss-reactive ketones (excluding diaryl/α,β-unsaturated/α-hetero) is 1. The summed E-state index contributed by atoms with van der Waals surface area (Å²) in [5.74, 6) is -0.111. The molecule has 2 rings (SSSR count). The molecule has 1 N–H and O–H groups in total. The van der Waals surface area contributed by atoms with E-state index in [0.717, 1.165) is 5.56 Å². The highest BCUT2D eigenvalue weighted by Gasteiger charge is 2.27. The maximum Gasteiger partial charge on any atom is 0.207 e. The number of aliphatic hydroxyl groups is 1. The van der Waals surface area contributed by atoms with Crippen molar-refractivity contribution in [3.63, 3.8) is 0 Å². The van der Waals surface area contributed by atoms with Crippen molar-refractivity contribution in [3.05, 3.63) is 47.4 Å². The second-order valence-corrected chi connectivity index (χ2v) is 4.66. The number of hydrogen-bond donors (Lipinski definition) is 1. The molecule has 0 fully saturated rings. The Balaban J connectivity index is 2.11. The van der Waals surface area contributed by atoms with Crippen LogP contribution in [0.5, 0.6) is 0 Å². The van der Waals surface area contributed by atoms with Gasteiger partial charge in [-0.15, -0.1) is 0 Å². The molecule has 1 aliphatic heterocycles. The molecule has 1 unspecified atom stereocenters. The molecule has 1 atom stereocenters. The smallest absolute Gasteiger partial charge is 0.207 e. The van der Waals surface area contributed by atoms with Crippen LogP contribution in [0.4, 0.5) is 0 Å². The SMILES string of the molecule is CCC1=C(OCc2ccccc2)C(=O)C(CCO)C=N1. The van der Waals surface area contributed by atoms with E-state index in [1.54, 1.807) is 6.21 Å². The molecule has 0 aliphatic carbocycles. The Hall–Kier alpha value is -1.94. The monoisotopic (exact) mass is 273 g/mol. The summed E-state index contributed by atoms with van der Waals surface area (Å²) in [4.78, 5) is 16.6. The van der Waals surface area contributed by atoms with Gasteiger partial charge in [0.1, 0.15) is 6.61 Å². The zero-order valence-corrected chi connectivity index (χ0v) is 11.6. The number of ether oxygens (including phenoxy) is 1. The highest BCUT2D eigenvalue weighted by atomic mass is 16.5. The van der Waals surface area contributed by atoms with Gasteiger partial charge in [0, 0.05) is 12.8 Å². The Kier molecular flexibility index (Phi) is 5.07. The van der Waals surface area contributed by atoms with Crippen LogP contribution in [-0.4, -0.2) is 23.7 Å². The molecule has 0 bridgehead atoms. The number of hydrogen-bond acceptors (Lipinski definition) is 4. The van der Waals surface area contributed by atoms with Crippen molar-refractivity contribution in [1.82, 2.24) is 0 Å². The molecular weight excluding hydrogens is 254 g/mol. The van der Waals surface area contributed by atoms with Gasteiger partial charge in [-0.05, 0) is 18.4 Å². The van der Waals surface area contributed by atoms with Crippen LogP contribution in [-0.2, 0) is 16.1 Å². The first kappa shape index (κ1) is 14.5. The highest BCUT2D eigenvalue weighted by molar-refractivity contribution is 6.06. The Labute approximate surface area is 118 Å². The quantitative estimate of drug-likeness (QED) is 0.866. The lowest BCUT2D eigenvalue weighted by Gasteiger charge is -2.20. The van der Waals surface area contributed by atoms with Crippen LogP contribution in [0.3, 0.4) is 0 Å². The van der Waals surface area contributed by atoms with E-state index in [-0.39, 0.29) is 18.3 Å². The summed E-state index contributed by atoms with van der Waals surface area (Å²) in [7, 11) is 0. The molecule has 1 aliphatic rings. The van der Waals surface area contributed by atoms with E-state index in [1.807, 2.05) is 37.3 Å². The molecule has 4 heteroatoms. The summed E-state index contributed by atoms with van der Waals surface area (Å²) in [5.41, 5.74) is 1.69. The topological polar surface area (TPSA) is 58.9 Å². The highest BCUT2D eigenvalue weighted by Crippen LogP contribution is 2.23. The number of benzene rings is 1. The van der Waals surface area contributed by atoms with Gasteiger partial charge < -0.3 is 9.84 Å². The fraction of sp³-hybridized carbons (Fsp3) is 0.375. The molecule has 1 aromatic carbocycles. The lowest BCUT2D eigenvalue weighted by Crippen LogP contribution is -2.25. The van der Waals surface area contributed by atoms with Crippen molar-refractivity contribution < 1.29 is 14.6 Å². The van der Waals surface area contributed by atoms with Gasteiger partial charge in [-0.25, -0.2) is 0 Å². The van der Waals surface area contributed by atoms with Crippen molar-refractivity contribution in [1.29, 1.82) is 0 Å². The summed E-state index contributed by atoms with van der Waals surface area (Å²) >= 11 is 0. The number of allylic oxidation sites excluding steroid dienone is 2. The van der Waals surface area contributed by atoms with Crippen LogP contribution in [0.25, 0.3) is 0 Å². The third-order valence-corrected chi connectivity index (χ3v) is 3.23. The summed E-state index contributed by atoms with van der Waals surface area (Å²) in [6.45, 7) is 2.26. The number of carbonyl (C=O) groups is 1. The van der Waals surface area contributed by atoms with Crippen molar-refractivity contribution >= 4 is 12.0 Å². The predicted molar refractivity (Wildman–Crippen MR) is 77.2 cm³/mol. The van der Waals surface area contributed by atoms with E-state index >= 15 is 0 Å². The second kappa shape index (κ2) is 7.01. The molecule has 0 amide bonds. The van der Waals surface area contributed by atoms with Crippen LogP contribution >= 0.6 is 0 Å². The number of rotatable bonds is 6. The number of carbonyl (C=O) groups excluding carboxylic acids is 1. The fourth-order valence-corrected chi connectivity index (χ4v) is 2.10. The van der Waals surface area contributed by atoms with Crippen LogP contribution in [0.2, 0.25) is 0 Å². The number of aliphatic hydroxyl groups excluding tert-OH is 1. The van der Waals surface area contributed by atoms with E-state index in [1.165, 1.54) is 0 Å². The van der Waals surface area contributed by atoms with Crippen LogP contribution < -0.4 is 0 Å². The Morgan fingerprint density at radius 3 is 2.70 bits per heavy atom. The average molecular weight is 273 g/mol. The normalized spacial score (nSPS) is 18.5. The summed E-state index contributed by atoms with van der Waals surface area (Å²) in [6, 6.07) is 9.71. The average Bonchev–Trinajstić information content (AvgIpc) is 2.49. The Bertz CT molecular complexity index is 520. The van der Waals surface area contributed by atoms with Crippen molar-refractivity contribution in [2.24, 2.45) is 10.9 Å². The fourth-order valence-electron chi connectivity index (χ4n) is 2.10. The third-order valence-electron chi connectivity index (χ3n) is 3.23. The van der Waals surface area contributed by atoms with Crippen molar-refractivity contribution in [2.45, 2.75) is 26.4 Å². The van der Waals surface area contributed by atoms with E-state index in [2.05, 4.69) is 4.99 Å². The maximum absolute atomic E-state index is 12.3.